The first-order valence-corrected chi connectivity index (χ1v) is 9.43. The highest BCUT2D eigenvalue weighted by atomic mass is 16.2. The lowest BCUT2D eigenvalue weighted by Gasteiger charge is -2.37. The summed E-state index contributed by atoms with van der Waals surface area (Å²) in [6.07, 6.45) is 0. The monoisotopic (exact) mass is 351 g/mol. The molecule has 2 aromatic rings. The molecule has 0 aliphatic carbocycles. The Balaban J connectivity index is 1.50. The molecule has 3 rings (SSSR count). The second kappa shape index (κ2) is 8.37. The zero-order valence-electron chi connectivity index (χ0n) is 16.0. The molecule has 1 aliphatic rings. The van der Waals surface area contributed by atoms with Gasteiger partial charge in [-0.2, -0.15) is 0 Å². The number of benzene rings is 2. The van der Waals surface area contributed by atoms with E-state index in [0.717, 1.165) is 26.2 Å². The largest absolute Gasteiger partial charge is 0.368 e. The average Bonchev–Trinajstić information content (AvgIpc) is 2.69. The predicted octanol–water partition coefficient (Wildman–Crippen LogP) is 3.30. The molecular formula is C22H29N3O. The number of piperazine rings is 1. The van der Waals surface area contributed by atoms with E-state index in [1.807, 2.05) is 23.1 Å². The molecule has 4 nitrogen and oxygen atoms in total. The van der Waals surface area contributed by atoms with E-state index in [1.165, 1.54) is 22.4 Å². The molecule has 0 aromatic heterocycles. The first-order valence-electron chi connectivity index (χ1n) is 9.43. The van der Waals surface area contributed by atoms with Crippen LogP contribution < -0.4 is 10.2 Å². The van der Waals surface area contributed by atoms with Gasteiger partial charge in [0.15, 0.2) is 0 Å². The van der Waals surface area contributed by atoms with Crippen molar-refractivity contribution in [1.82, 2.24) is 10.2 Å². The van der Waals surface area contributed by atoms with Gasteiger partial charge >= 0.3 is 0 Å². The standard InChI is InChI=1S/C22H29N3O/c1-17-8-7-11-21(18(17)2)24-12-14-25(15-13-24)22(26)16-23-19(3)20-9-5-4-6-10-20/h4-11,19,23H,12-16H2,1-3H3/t19-/m1/s1. The van der Waals surface area contributed by atoms with Crippen LogP contribution in [0.5, 0.6) is 0 Å². The molecular weight excluding hydrogens is 322 g/mol. The average molecular weight is 351 g/mol. The lowest BCUT2D eigenvalue weighted by Crippen LogP contribution is -2.51. The summed E-state index contributed by atoms with van der Waals surface area (Å²) in [7, 11) is 0. The highest BCUT2D eigenvalue weighted by Gasteiger charge is 2.22. The number of carbonyl (C=O) groups is 1. The van der Waals surface area contributed by atoms with Crippen molar-refractivity contribution in [2.75, 3.05) is 37.6 Å². The second-order valence-electron chi connectivity index (χ2n) is 7.10. The van der Waals surface area contributed by atoms with Crippen molar-refractivity contribution in [3.63, 3.8) is 0 Å². The molecule has 1 N–H and O–H groups in total. The van der Waals surface area contributed by atoms with Crippen LogP contribution in [0.2, 0.25) is 0 Å². The number of anilines is 1. The molecule has 1 amide bonds. The maximum absolute atomic E-state index is 12.5. The fourth-order valence-electron chi connectivity index (χ4n) is 3.49. The van der Waals surface area contributed by atoms with Crippen molar-refractivity contribution in [3.8, 4) is 0 Å². The molecule has 0 unspecified atom stereocenters. The third kappa shape index (κ3) is 4.25. The summed E-state index contributed by atoms with van der Waals surface area (Å²) in [5.41, 5.74) is 5.17. The van der Waals surface area contributed by atoms with Crippen LogP contribution in [0.4, 0.5) is 5.69 Å². The molecule has 26 heavy (non-hydrogen) atoms. The topological polar surface area (TPSA) is 35.6 Å². The van der Waals surface area contributed by atoms with Crippen molar-refractivity contribution < 1.29 is 4.79 Å². The minimum Gasteiger partial charge on any atom is -0.368 e. The molecule has 138 valence electrons. The Kier molecular flexibility index (Phi) is 5.94. The van der Waals surface area contributed by atoms with E-state index in [4.69, 9.17) is 0 Å². The summed E-state index contributed by atoms with van der Waals surface area (Å²) in [5.74, 6) is 0.188. The van der Waals surface area contributed by atoms with Crippen molar-refractivity contribution in [2.24, 2.45) is 0 Å². The van der Waals surface area contributed by atoms with Gasteiger partial charge in [-0.1, -0.05) is 42.5 Å². The first kappa shape index (κ1) is 18.5. The van der Waals surface area contributed by atoms with E-state index < -0.39 is 0 Å². The van der Waals surface area contributed by atoms with Gasteiger partial charge < -0.3 is 15.1 Å². The van der Waals surface area contributed by atoms with Gasteiger partial charge in [0, 0.05) is 37.9 Å². The first-order chi connectivity index (χ1) is 12.6. The van der Waals surface area contributed by atoms with E-state index in [0.29, 0.717) is 6.54 Å². The van der Waals surface area contributed by atoms with Crippen LogP contribution >= 0.6 is 0 Å². The number of aryl methyl sites for hydroxylation is 1. The third-order valence-corrected chi connectivity index (χ3v) is 5.41. The molecule has 1 aliphatic heterocycles. The number of carbonyl (C=O) groups excluding carboxylic acids is 1. The Labute approximate surface area is 156 Å². The normalized spacial score (nSPS) is 15.8. The molecule has 4 heteroatoms. The van der Waals surface area contributed by atoms with Gasteiger partial charge in [-0.05, 0) is 43.5 Å². The molecule has 1 fully saturated rings. The number of hydrogen-bond donors (Lipinski definition) is 1. The van der Waals surface area contributed by atoms with Gasteiger partial charge in [0.25, 0.3) is 0 Å². The SMILES string of the molecule is Cc1cccc(N2CCN(C(=O)CN[C@H](C)c3ccccc3)CC2)c1C. The van der Waals surface area contributed by atoms with Gasteiger partial charge in [-0.25, -0.2) is 0 Å². The fraction of sp³-hybridized carbons (Fsp3) is 0.409. The molecule has 0 radical (unpaired) electrons. The maximum atomic E-state index is 12.5. The van der Waals surface area contributed by atoms with Crippen molar-refractivity contribution in [1.29, 1.82) is 0 Å². The Hall–Kier alpha value is -2.33. The second-order valence-corrected chi connectivity index (χ2v) is 7.10. The van der Waals surface area contributed by atoms with E-state index in [-0.39, 0.29) is 11.9 Å². The minimum atomic E-state index is 0.177. The van der Waals surface area contributed by atoms with Crippen LogP contribution in [0.1, 0.15) is 29.7 Å². The van der Waals surface area contributed by atoms with Crippen LogP contribution in [-0.4, -0.2) is 43.5 Å². The number of amides is 1. The van der Waals surface area contributed by atoms with E-state index in [2.05, 4.69) is 61.3 Å². The van der Waals surface area contributed by atoms with Gasteiger partial charge in [0.2, 0.25) is 5.91 Å². The molecule has 1 heterocycles. The summed E-state index contributed by atoms with van der Waals surface area (Å²) in [4.78, 5) is 16.9. The zero-order chi connectivity index (χ0) is 18.5. The minimum absolute atomic E-state index is 0.177. The Morgan fingerprint density at radius 1 is 1.00 bits per heavy atom. The Morgan fingerprint density at radius 2 is 1.69 bits per heavy atom. The van der Waals surface area contributed by atoms with Crippen molar-refractivity contribution >= 4 is 11.6 Å². The van der Waals surface area contributed by atoms with Crippen LogP contribution in [0.3, 0.4) is 0 Å². The van der Waals surface area contributed by atoms with E-state index >= 15 is 0 Å². The highest BCUT2D eigenvalue weighted by molar-refractivity contribution is 5.78. The van der Waals surface area contributed by atoms with Crippen LogP contribution in [0, 0.1) is 13.8 Å². The molecule has 0 saturated carbocycles. The van der Waals surface area contributed by atoms with E-state index in [9.17, 15) is 4.79 Å². The Bertz CT molecular complexity index is 736. The molecule has 0 spiro atoms. The zero-order valence-corrected chi connectivity index (χ0v) is 16.0. The summed E-state index contributed by atoms with van der Waals surface area (Å²) < 4.78 is 0. The maximum Gasteiger partial charge on any atom is 0.236 e. The third-order valence-electron chi connectivity index (χ3n) is 5.41. The van der Waals surface area contributed by atoms with E-state index in [1.54, 1.807) is 0 Å². The van der Waals surface area contributed by atoms with Crippen LogP contribution in [0.25, 0.3) is 0 Å². The molecule has 1 atom stereocenters. The quantitative estimate of drug-likeness (QED) is 0.898. The van der Waals surface area contributed by atoms with Gasteiger partial charge in [0.05, 0.1) is 6.54 Å². The molecule has 0 bridgehead atoms. The highest BCUT2D eigenvalue weighted by Crippen LogP contribution is 2.23. The van der Waals surface area contributed by atoms with Crippen LogP contribution in [-0.2, 0) is 4.79 Å². The number of nitrogens with one attached hydrogen (secondary N) is 1. The van der Waals surface area contributed by atoms with Gasteiger partial charge in [-0.15, -0.1) is 0 Å². The summed E-state index contributed by atoms with van der Waals surface area (Å²) >= 11 is 0. The molecule has 1 saturated heterocycles. The lowest BCUT2D eigenvalue weighted by molar-refractivity contribution is -0.130. The summed E-state index contributed by atoms with van der Waals surface area (Å²) in [6.45, 7) is 10.2. The Morgan fingerprint density at radius 3 is 2.38 bits per heavy atom. The van der Waals surface area contributed by atoms with Gasteiger partial charge in [0.1, 0.15) is 0 Å². The number of rotatable bonds is 5. The van der Waals surface area contributed by atoms with Crippen molar-refractivity contribution in [3.05, 3.63) is 65.2 Å². The summed E-state index contributed by atoms with van der Waals surface area (Å²) in [6, 6.07) is 16.9. The number of nitrogens with zero attached hydrogens (tertiary/aromatic N) is 2. The van der Waals surface area contributed by atoms with Crippen molar-refractivity contribution in [2.45, 2.75) is 26.8 Å². The predicted molar refractivity (Wildman–Crippen MR) is 108 cm³/mol. The smallest absolute Gasteiger partial charge is 0.236 e. The lowest BCUT2D eigenvalue weighted by atomic mass is 10.1. The van der Waals surface area contributed by atoms with Crippen LogP contribution in [0.15, 0.2) is 48.5 Å². The fourth-order valence-corrected chi connectivity index (χ4v) is 3.49. The van der Waals surface area contributed by atoms with Gasteiger partial charge in [-0.3, -0.25) is 4.79 Å². The number of hydrogen-bond acceptors (Lipinski definition) is 3. The molecule has 2 aromatic carbocycles. The summed E-state index contributed by atoms with van der Waals surface area (Å²) in [5, 5.41) is 3.35.